The monoisotopic (exact) mass is 587 g/mol. The van der Waals surface area contributed by atoms with Crippen LogP contribution in [0.1, 0.15) is 54.8 Å². The van der Waals surface area contributed by atoms with E-state index < -0.39 is 0 Å². The first-order chi connectivity index (χ1) is 19.9. The lowest BCUT2D eigenvalue weighted by atomic mass is 9.95. The van der Waals surface area contributed by atoms with Crippen molar-refractivity contribution >= 4 is 45.0 Å². The molecule has 0 radical (unpaired) electrons. The molecule has 2 amide bonds. The Morgan fingerprint density at radius 3 is 2.41 bits per heavy atom. The maximum Gasteiger partial charge on any atom is 0.230 e. The fourth-order valence-electron chi connectivity index (χ4n) is 5.64. The molecule has 2 aliphatic rings. The van der Waals surface area contributed by atoms with Gasteiger partial charge in [0.2, 0.25) is 11.8 Å². The van der Waals surface area contributed by atoms with Crippen molar-refractivity contribution in [3.8, 4) is 16.9 Å². The Morgan fingerprint density at radius 2 is 1.71 bits per heavy atom. The quantitative estimate of drug-likeness (QED) is 0.193. The van der Waals surface area contributed by atoms with E-state index in [0.29, 0.717) is 23.2 Å². The molecule has 0 N–H and O–H groups in total. The molecule has 6 nitrogen and oxygen atoms in total. The van der Waals surface area contributed by atoms with Crippen LogP contribution in [0.25, 0.3) is 21.3 Å². The standard InChI is InChI=1S/C33H34ClN3O3S/c1-21(2)15-17-40-24-10-8-23(9-11-24)30-31-25-14-16-36(18-22-6-4-3-5-7-22)20-27(25)41-33(31)35-26(32(30)34)19-37-28(38)12-13-29(37)39/h3-11,21H,12-20H2,1-2H3. The van der Waals surface area contributed by atoms with E-state index in [2.05, 4.69) is 55.1 Å². The van der Waals surface area contributed by atoms with Gasteiger partial charge in [-0.05, 0) is 47.6 Å². The number of hydrogen-bond acceptors (Lipinski definition) is 6. The minimum atomic E-state index is -0.167. The molecule has 0 spiro atoms. The number of aromatic nitrogens is 1. The van der Waals surface area contributed by atoms with Crippen molar-refractivity contribution in [1.82, 2.24) is 14.8 Å². The minimum absolute atomic E-state index is 0.0958. The van der Waals surface area contributed by atoms with Crippen LogP contribution in [0.15, 0.2) is 54.6 Å². The second-order valence-electron chi connectivity index (χ2n) is 11.3. The molecule has 0 atom stereocenters. The molecule has 4 heterocycles. The molecular weight excluding hydrogens is 554 g/mol. The Bertz CT molecular complexity index is 1570. The molecule has 1 fully saturated rings. The molecule has 6 rings (SSSR count). The number of imide groups is 1. The fourth-order valence-corrected chi connectivity index (χ4v) is 7.23. The van der Waals surface area contributed by atoms with E-state index in [9.17, 15) is 9.59 Å². The summed E-state index contributed by atoms with van der Waals surface area (Å²) in [4.78, 5) is 35.8. The van der Waals surface area contributed by atoms with Gasteiger partial charge < -0.3 is 4.74 Å². The number of rotatable bonds is 9. The van der Waals surface area contributed by atoms with E-state index in [4.69, 9.17) is 21.3 Å². The third-order valence-corrected chi connectivity index (χ3v) is 9.41. The van der Waals surface area contributed by atoms with E-state index in [1.165, 1.54) is 20.9 Å². The van der Waals surface area contributed by atoms with Crippen molar-refractivity contribution in [2.45, 2.75) is 59.2 Å². The number of ether oxygens (including phenoxy) is 1. The van der Waals surface area contributed by atoms with Gasteiger partial charge in [-0.15, -0.1) is 11.3 Å². The van der Waals surface area contributed by atoms with Crippen molar-refractivity contribution in [3.05, 3.63) is 81.3 Å². The van der Waals surface area contributed by atoms with E-state index in [-0.39, 0.29) is 31.2 Å². The summed E-state index contributed by atoms with van der Waals surface area (Å²) in [5.74, 6) is 1.08. The number of benzene rings is 2. The van der Waals surface area contributed by atoms with Gasteiger partial charge in [0.25, 0.3) is 0 Å². The van der Waals surface area contributed by atoms with Crippen LogP contribution in [0.3, 0.4) is 0 Å². The van der Waals surface area contributed by atoms with Crippen LogP contribution in [-0.2, 0) is 35.6 Å². The first kappa shape index (κ1) is 27.9. The maximum absolute atomic E-state index is 12.4. The van der Waals surface area contributed by atoms with Crippen molar-refractivity contribution in [2.24, 2.45) is 5.92 Å². The lowest BCUT2D eigenvalue weighted by Gasteiger charge is -2.27. The molecule has 0 saturated carbocycles. The largest absolute Gasteiger partial charge is 0.494 e. The third-order valence-electron chi connectivity index (χ3n) is 7.90. The zero-order chi connectivity index (χ0) is 28.5. The lowest BCUT2D eigenvalue weighted by molar-refractivity contribution is -0.139. The van der Waals surface area contributed by atoms with Gasteiger partial charge in [-0.2, -0.15) is 0 Å². The minimum Gasteiger partial charge on any atom is -0.494 e. The normalized spacial score (nSPS) is 15.8. The van der Waals surface area contributed by atoms with Crippen LogP contribution in [0, 0.1) is 5.92 Å². The van der Waals surface area contributed by atoms with E-state index in [1.54, 1.807) is 11.3 Å². The van der Waals surface area contributed by atoms with Crippen molar-refractivity contribution in [1.29, 1.82) is 0 Å². The van der Waals surface area contributed by atoms with Crippen LogP contribution in [0.2, 0.25) is 5.02 Å². The number of amides is 2. The van der Waals surface area contributed by atoms with Crippen molar-refractivity contribution in [2.75, 3.05) is 13.2 Å². The molecule has 2 aromatic carbocycles. The Labute approximate surface area is 249 Å². The smallest absolute Gasteiger partial charge is 0.230 e. The number of likely N-dealkylation sites (tertiary alicyclic amines) is 1. The Kier molecular flexibility index (Phi) is 8.11. The van der Waals surface area contributed by atoms with Gasteiger partial charge in [0, 0.05) is 48.3 Å². The Morgan fingerprint density at radius 1 is 0.976 bits per heavy atom. The number of nitrogens with zero attached hydrogens (tertiary/aromatic N) is 3. The second kappa shape index (κ2) is 11.9. The summed E-state index contributed by atoms with van der Waals surface area (Å²) in [7, 11) is 0. The Hall–Kier alpha value is -3.26. The predicted molar refractivity (Wildman–Crippen MR) is 164 cm³/mol. The molecule has 0 aliphatic carbocycles. The molecule has 0 bridgehead atoms. The average molecular weight is 588 g/mol. The van der Waals surface area contributed by atoms with E-state index >= 15 is 0 Å². The number of thiophene rings is 1. The van der Waals surface area contributed by atoms with Gasteiger partial charge in [0.1, 0.15) is 10.6 Å². The Balaban J connectivity index is 1.38. The molecule has 2 aromatic heterocycles. The number of fused-ring (bicyclic) bond motifs is 3. The van der Waals surface area contributed by atoms with Gasteiger partial charge in [0.05, 0.1) is 23.9 Å². The topological polar surface area (TPSA) is 62.7 Å². The van der Waals surface area contributed by atoms with Crippen LogP contribution >= 0.6 is 22.9 Å². The van der Waals surface area contributed by atoms with Crippen LogP contribution in [-0.4, -0.2) is 39.7 Å². The highest BCUT2D eigenvalue weighted by Crippen LogP contribution is 2.45. The van der Waals surface area contributed by atoms with Crippen molar-refractivity contribution in [3.63, 3.8) is 0 Å². The number of carbonyl (C=O) groups excluding carboxylic acids is 2. The highest BCUT2D eigenvalue weighted by molar-refractivity contribution is 7.19. The maximum atomic E-state index is 12.4. The first-order valence-corrected chi connectivity index (χ1v) is 15.5. The lowest BCUT2D eigenvalue weighted by Crippen LogP contribution is -2.29. The number of halogens is 1. The second-order valence-corrected chi connectivity index (χ2v) is 12.8. The van der Waals surface area contributed by atoms with Crippen molar-refractivity contribution < 1.29 is 14.3 Å². The number of hydrogen-bond donors (Lipinski definition) is 0. The highest BCUT2D eigenvalue weighted by atomic mass is 35.5. The van der Waals surface area contributed by atoms with Gasteiger partial charge in [0.15, 0.2) is 0 Å². The molecule has 41 heavy (non-hydrogen) atoms. The fraction of sp³-hybridized carbons (Fsp3) is 0.364. The molecule has 2 aliphatic heterocycles. The van der Waals surface area contributed by atoms with Gasteiger partial charge >= 0.3 is 0 Å². The molecule has 212 valence electrons. The van der Waals surface area contributed by atoms with Gasteiger partial charge in [-0.25, -0.2) is 4.98 Å². The summed E-state index contributed by atoms with van der Waals surface area (Å²) in [6.07, 6.45) is 2.40. The number of carbonyl (C=O) groups is 2. The zero-order valence-corrected chi connectivity index (χ0v) is 25.1. The van der Waals surface area contributed by atoms with Crippen LogP contribution in [0.4, 0.5) is 0 Å². The summed E-state index contributed by atoms with van der Waals surface area (Å²) >= 11 is 8.84. The molecular formula is C33H34ClN3O3S. The van der Waals surface area contributed by atoms with E-state index in [1.807, 2.05) is 18.2 Å². The molecule has 8 heteroatoms. The predicted octanol–water partition coefficient (Wildman–Crippen LogP) is 7.25. The summed E-state index contributed by atoms with van der Waals surface area (Å²) in [6.45, 7) is 7.85. The van der Waals surface area contributed by atoms with Gasteiger partial charge in [-0.1, -0.05) is 67.9 Å². The zero-order valence-electron chi connectivity index (χ0n) is 23.5. The van der Waals surface area contributed by atoms with E-state index in [0.717, 1.165) is 59.6 Å². The highest BCUT2D eigenvalue weighted by Gasteiger charge is 2.32. The summed E-state index contributed by atoms with van der Waals surface area (Å²) in [6, 6.07) is 18.6. The SMILES string of the molecule is CC(C)CCOc1ccc(-c2c(Cl)c(CN3C(=O)CCC3=O)nc3sc4c(c23)CCN(Cc2ccccc2)C4)cc1. The number of pyridine rings is 1. The average Bonchev–Trinajstić information content (AvgIpc) is 3.48. The summed E-state index contributed by atoms with van der Waals surface area (Å²) < 4.78 is 5.97. The molecule has 4 aromatic rings. The summed E-state index contributed by atoms with van der Waals surface area (Å²) in [5.41, 5.74) is 5.07. The van der Waals surface area contributed by atoms with Crippen LogP contribution < -0.4 is 4.74 Å². The molecule has 1 saturated heterocycles. The first-order valence-electron chi connectivity index (χ1n) is 14.3. The van der Waals surface area contributed by atoms with Gasteiger partial charge in [-0.3, -0.25) is 19.4 Å². The van der Waals surface area contributed by atoms with Crippen LogP contribution in [0.5, 0.6) is 5.75 Å². The summed E-state index contributed by atoms with van der Waals surface area (Å²) in [5, 5.41) is 1.59. The molecule has 0 unspecified atom stereocenters. The third kappa shape index (κ3) is 5.89.